The van der Waals surface area contributed by atoms with E-state index in [1.54, 1.807) is 7.11 Å². The smallest absolute Gasteiger partial charge is 0.385 e. The fourth-order valence-corrected chi connectivity index (χ4v) is 2.68. The first-order valence-electron chi connectivity index (χ1n) is 14.0. The number of rotatable bonds is 4. The first-order chi connectivity index (χ1) is 18.4. The number of ether oxygens (including phenoxy) is 1. The van der Waals surface area contributed by atoms with Crippen molar-refractivity contribution in [3.8, 4) is 0 Å². The Balaban J connectivity index is -0.000000554. The number of hydrogen-bond acceptors (Lipinski definition) is 5. The minimum absolute atomic E-state index is 0.0439. The third-order valence-electron chi connectivity index (χ3n) is 4.81. The summed E-state index contributed by atoms with van der Waals surface area (Å²) < 4.78 is 56.3. The molecule has 0 atom stereocenters. The number of hydrogen-bond donors (Lipinski definition) is 0. The molecular weight excluding hydrogens is 531 g/mol. The van der Waals surface area contributed by atoms with Crippen LogP contribution in [0.5, 0.6) is 0 Å². The van der Waals surface area contributed by atoms with Gasteiger partial charge >= 0.3 is 6.18 Å². The number of carbonyl (C=O) groups excluding carboxylic acids is 1. The Labute approximate surface area is 240 Å². The highest BCUT2D eigenvalue weighted by Crippen LogP contribution is 2.26. The topological polar surface area (TPSA) is 58.6 Å². The van der Waals surface area contributed by atoms with Crippen LogP contribution in [0.1, 0.15) is 103 Å². The van der Waals surface area contributed by atoms with Gasteiger partial charge in [0, 0.05) is 40.3 Å². The highest BCUT2D eigenvalue weighted by atomic mass is 19.4. The van der Waals surface area contributed by atoms with Gasteiger partial charge in [0.25, 0.3) is 5.91 Å². The molecule has 1 saturated heterocycles. The molecule has 0 bridgehead atoms. The van der Waals surface area contributed by atoms with Crippen LogP contribution in [0.2, 0.25) is 0 Å². The summed E-state index contributed by atoms with van der Waals surface area (Å²) in [6.07, 6.45) is 0.223. The van der Waals surface area contributed by atoms with E-state index in [9.17, 15) is 26.7 Å². The molecule has 1 aromatic rings. The number of methoxy groups -OCH3 is 1. The van der Waals surface area contributed by atoms with Crippen LogP contribution in [-0.2, 0) is 11.3 Å². The molecule has 0 spiro atoms. The Bertz CT molecular complexity index is 727. The van der Waals surface area contributed by atoms with Gasteiger partial charge in [-0.15, -0.1) is 0 Å². The predicted octanol–water partition coefficient (Wildman–Crippen LogP) is 8.04. The molecule has 2 heterocycles. The molecule has 1 saturated carbocycles. The van der Waals surface area contributed by atoms with E-state index in [1.807, 2.05) is 43.8 Å². The third kappa shape index (κ3) is 34.1. The van der Waals surface area contributed by atoms with Crippen LogP contribution in [0.25, 0.3) is 0 Å². The van der Waals surface area contributed by atoms with Crippen molar-refractivity contribution in [2.45, 2.75) is 107 Å². The number of likely N-dealkylation sites (tertiary alicyclic amines) is 1. The fourth-order valence-electron chi connectivity index (χ4n) is 2.68. The van der Waals surface area contributed by atoms with Crippen LogP contribution in [-0.4, -0.2) is 79.2 Å². The maximum atomic E-state index is 12.5. The number of aryl methyl sites for hydroxylation is 1. The lowest BCUT2D eigenvalue weighted by molar-refractivity contribution is -0.110. The molecule has 0 N–H and O–H groups in total. The molecule has 1 amide bonds. The largest absolute Gasteiger partial charge is 0.386 e. The first-order valence-corrected chi connectivity index (χ1v) is 14.0. The van der Waals surface area contributed by atoms with Gasteiger partial charge in [-0.2, -0.15) is 13.2 Å². The summed E-state index contributed by atoms with van der Waals surface area (Å²) in [5.41, 5.74) is 1.43. The van der Waals surface area contributed by atoms with E-state index < -0.39 is 12.6 Å². The van der Waals surface area contributed by atoms with Crippen molar-refractivity contribution in [1.29, 1.82) is 0 Å². The highest BCUT2D eigenvalue weighted by Gasteiger charge is 2.23. The van der Waals surface area contributed by atoms with Crippen LogP contribution in [0.3, 0.4) is 0 Å². The van der Waals surface area contributed by atoms with Gasteiger partial charge in [0.15, 0.2) is 0 Å². The van der Waals surface area contributed by atoms with Crippen molar-refractivity contribution >= 4 is 5.91 Å². The Morgan fingerprint density at radius 3 is 1.73 bits per heavy atom. The summed E-state index contributed by atoms with van der Waals surface area (Å²) in [7, 11) is 5.66. The van der Waals surface area contributed by atoms with Crippen molar-refractivity contribution in [2.75, 3.05) is 40.9 Å². The Hall–Kier alpha value is -1.88. The summed E-state index contributed by atoms with van der Waals surface area (Å²) in [6, 6.07) is 1.83. The van der Waals surface area contributed by atoms with Crippen molar-refractivity contribution in [2.24, 2.45) is 11.8 Å². The van der Waals surface area contributed by atoms with Crippen molar-refractivity contribution < 1.29 is 31.5 Å². The van der Waals surface area contributed by atoms with E-state index in [0.29, 0.717) is 11.5 Å². The molecule has 40 heavy (non-hydrogen) atoms. The molecule has 1 aliphatic carbocycles. The van der Waals surface area contributed by atoms with Crippen molar-refractivity contribution in [1.82, 2.24) is 19.8 Å². The Morgan fingerprint density at radius 1 is 1.05 bits per heavy atom. The highest BCUT2D eigenvalue weighted by molar-refractivity contribution is 5.92. The number of aromatic nitrogens is 2. The lowest BCUT2D eigenvalue weighted by Gasteiger charge is -2.30. The molecule has 1 aromatic heterocycles. The second-order valence-corrected chi connectivity index (χ2v) is 10.3. The zero-order valence-corrected chi connectivity index (χ0v) is 26.7. The summed E-state index contributed by atoms with van der Waals surface area (Å²) in [5, 5.41) is 0. The number of carbonyl (C=O) groups is 1. The molecular formula is C29H55F5N4O2. The third-order valence-corrected chi connectivity index (χ3v) is 4.81. The van der Waals surface area contributed by atoms with Crippen LogP contribution >= 0.6 is 0 Å². The van der Waals surface area contributed by atoms with Crippen molar-refractivity contribution in [3.05, 3.63) is 23.3 Å². The van der Waals surface area contributed by atoms with Crippen LogP contribution < -0.4 is 0 Å². The maximum absolute atomic E-state index is 12.5. The zero-order valence-electron chi connectivity index (χ0n) is 26.7. The summed E-state index contributed by atoms with van der Waals surface area (Å²) in [4.78, 5) is 25.2. The molecule has 11 heteroatoms. The second kappa shape index (κ2) is 24.9. The van der Waals surface area contributed by atoms with Crippen LogP contribution in [0, 0.1) is 18.8 Å². The molecule has 2 fully saturated rings. The number of alkyl halides is 5. The number of amides is 1. The van der Waals surface area contributed by atoms with Gasteiger partial charge < -0.3 is 14.5 Å². The summed E-state index contributed by atoms with van der Waals surface area (Å²) in [6.45, 7) is 16.8. The monoisotopic (exact) mass is 586 g/mol. The SMILES string of the molecule is CC(F)(F)F.CC(F)F.CC1CC1.CCC.CCOC.Cc1nc(CN(C)C)cc(C(=O)N2CCC(C)CC2)n1. The van der Waals surface area contributed by atoms with E-state index in [4.69, 9.17) is 0 Å². The van der Waals surface area contributed by atoms with Gasteiger partial charge in [-0.1, -0.05) is 47.0 Å². The van der Waals surface area contributed by atoms with E-state index in [0.717, 1.165) is 63.5 Å². The van der Waals surface area contributed by atoms with E-state index in [2.05, 4.69) is 42.4 Å². The zero-order chi connectivity index (χ0) is 31.9. The number of nitrogens with zero attached hydrogens (tertiary/aromatic N) is 4. The van der Waals surface area contributed by atoms with Gasteiger partial charge in [0.05, 0.1) is 5.69 Å². The lowest BCUT2D eigenvalue weighted by atomic mass is 9.99. The van der Waals surface area contributed by atoms with Gasteiger partial charge in [0.1, 0.15) is 11.5 Å². The predicted molar refractivity (Wildman–Crippen MR) is 154 cm³/mol. The standard InChI is InChI=1S/C15H24N4O.C4H8.C3H8O.C3H8.C2H3F3.C2H4F2/c1-11-5-7-19(8-6-11)15(20)14-9-13(10-18(3)4)16-12(2)17-14;1-4-2-3-4;1-3-4-2;1-3-2;1-2(3,4)5;1-2(3)4/h9,11H,5-8,10H2,1-4H3;4H,2-3H2,1H3;3H2,1-2H3;3H2,1-2H3;1H3;2H,1H3. The average molecular weight is 587 g/mol. The first kappa shape index (κ1) is 42.6. The van der Waals surface area contributed by atoms with E-state index in [1.165, 1.54) is 19.3 Å². The summed E-state index contributed by atoms with van der Waals surface area (Å²) >= 11 is 0. The van der Waals surface area contributed by atoms with Gasteiger partial charge in [-0.05, 0) is 65.6 Å². The molecule has 0 unspecified atom stereocenters. The number of piperidine rings is 1. The van der Waals surface area contributed by atoms with Crippen molar-refractivity contribution in [3.63, 3.8) is 0 Å². The average Bonchev–Trinajstić information content (AvgIpc) is 3.60. The second-order valence-electron chi connectivity index (χ2n) is 10.3. The van der Waals surface area contributed by atoms with Gasteiger partial charge in [-0.25, -0.2) is 18.7 Å². The number of halogens is 5. The lowest BCUT2D eigenvalue weighted by Crippen LogP contribution is -2.38. The molecule has 0 radical (unpaired) electrons. The van der Waals surface area contributed by atoms with Crippen LogP contribution in [0.4, 0.5) is 22.0 Å². The normalized spacial score (nSPS) is 14.6. The minimum Gasteiger partial charge on any atom is -0.385 e. The Morgan fingerprint density at radius 2 is 1.43 bits per heavy atom. The summed E-state index contributed by atoms with van der Waals surface area (Å²) in [5.74, 6) is 2.51. The molecule has 6 nitrogen and oxygen atoms in total. The quantitative estimate of drug-likeness (QED) is 0.334. The Kier molecular flexibility index (Phi) is 26.5. The van der Waals surface area contributed by atoms with E-state index >= 15 is 0 Å². The molecule has 1 aliphatic heterocycles. The van der Waals surface area contributed by atoms with E-state index in [-0.39, 0.29) is 12.8 Å². The molecule has 0 aromatic carbocycles. The molecule has 238 valence electrons. The molecule has 2 aliphatic rings. The molecule has 3 rings (SSSR count). The maximum Gasteiger partial charge on any atom is 0.386 e. The van der Waals surface area contributed by atoms with Gasteiger partial charge in [-0.3, -0.25) is 4.79 Å². The van der Waals surface area contributed by atoms with Gasteiger partial charge in [0.2, 0.25) is 6.43 Å². The fraction of sp³-hybridized carbons (Fsp3) is 0.828. The van der Waals surface area contributed by atoms with Crippen LogP contribution in [0.15, 0.2) is 6.07 Å². The minimum atomic E-state index is -4.00.